The van der Waals surface area contributed by atoms with Gasteiger partial charge < -0.3 is 5.32 Å². The molecule has 1 amide bonds. The van der Waals surface area contributed by atoms with Gasteiger partial charge in [-0.2, -0.15) is 5.26 Å². The van der Waals surface area contributed by atoms with Crippen molar-refractivity contribution in [3.63, 3.8) is 0 Å². The van der Waals surface area contributed by atoms with E-state index in [9.17, 15) is 4.79 Å². The van der Waals surface area contributed by atoms with Crippen LogP contribution in [0.1, 0.15) is 66.2 Å². The minimum absolute atomic E-state index is 0.0204. The van der Waals surface area contributed by atoms with Crippen LogP contribution >= 0.6 is 0 Å². The summed E-state index contributed by atoms with van der Waals surface area (Å²) >= 11 is 0. The Hall–Kier alpha value is -1.30. The number of carbonyl (C=O) groups excluding carboxylic acids is 1. The quantitative estimate of drug-likeness (QED) is 0.553. The van der Waals surface area contributed by atoms with Gasteiger partial charge in [-0.3, -0.25) is 4.79 Å². The molecule has 3 nitrogen and oxygen atoms in total. The van der Waals surface area contributed by atoms with Crippen LogP contribution in [-0.2, 0) is 4.79 Å². The van der Waals surface area contributed by atoms with Crippen LogP contribution in [0, 0.1) is 11.3 Å². The van der Waals surface area contributed by atoms with Crippen molar-refractivity contribution in [3.05, 3.63) is 11.6 Å². The molecular weight excluding hydrogens is 224 g/mol. The van der Waals surface area contributed by atoms with Crippen LogP contribution in [0.2, 0.25) is 0 Å². The fourth-order valence-corrected chi connectivity index (χ4v) is 1.55. The second-order valence-electron chi connectivity index (χ2n) is 5.70. The van der Waals surface area contributed by atoms with Gasteiger partial charge in [0.25, 0.3) is 0 Å². The molecule has 0 radical (unpaired) electrons. The number of nitriles is 1. The van der Waals surface area contributed by atoms with Crippen molar-refractivity contribution in [2.45, 2.75) is 71.8 Å². The highest BCUT2D eigenvalue weighted by molar-refractivity contribution is 5.93. The van der Waals surface area contributed by atoms with E-state index in [0.29, 0.717) is 6.42 Å². The van der Waals surface area contributed by atoms with Crippen LogP contribution in [0.4, 0.5) is 0 Å². The minimum Gasteiger partial charge on any atom is -0.348 e. The number of hydrogen-bond donors (Lipinski definition) is 1. The Labute approximate surface area is 111 Å². The molecule has 0 aliphatic heterocycles. The number of rotatable bonds is 7. The van der Waals surface area contributed by atoms with Crippen LogP contribution in [-0.4, -0.2) is 11.4 Å². The summed E-state index contributed by atoms with van der Waals surface area (Å²) in [5.74, 6) is 0.0204. The largest absolute Gasteiger partial charge is 0.348 e. The van der Waals surface area contributed by atoms with Gasteiger partial charge in [0.1, 0.15) is 0 Å². The molecule has 0 bridgehead atoms. The number of carbonyl (C=O) groups is 1. The van der Waals surface area contributed by atoms with Crippen LogP contribution < -0.4 is 5.32 Å². The molecule has 0 saturated heterocycles. The van der Waals surface area contributed by atoms with Gasteiger partial charge in [0.2, 0.25) is 5.91 Å². The third-order valence-corrected chi connectivity index (χ3v) is 2.54. The lowest BCUT2D eigenvalue weighted by molar-refractivity contribution is -0.118. The summed E-state index contributed by atoms with van der Waals surface area (Å²) in [4.78, 5) is 11.7. The predicted molar refractivity (Wildman–Crippen MR) is 75.0 cm³/mol. The summed E-state index contributed by atoms with van der Waals surface area (Å²) in [6, 6.07) is 2.15. The fraction of sp³-hybridized carbons (Fsp3) is 0.733. The zero-order valence-electron chi connectivity index (χ0n) is 12.2. The van der Waals surface area contributed by atoms with E-state index in [2.05, 4.69) is 11.4 Å². The summed E-state index contributed by atoms with van der Waals surface area (Å²) in [5, 5.41) is 11.3. The number of nitrogens with one attached hydrogen (secondary N) is 1. The maximum absolute atomic E-state index is 11.7. The fourth-order valence-electron chi connectivity index (χ4n) is 1.55. The van der Waals surface area contributed by atoms with Gasteiger partial charge in [-0.25, -0.2) is 0 Å². The van der Waals surface area contributed by atoms with E-state index in [1.54, 1.807) is 0 Å². The van der Waals surface area contributed by atoms with Crippen molar-refractivity contribution in [1.82, 2.24) is 5.32 Å². The number of nitrogens with zero attached hydrogens (tertiary/aromatic N) is 1. The molecule has 18 heavy (non-hydrogen) atoms. The lowest BCUT2D eigenvalue weighted by atomic mass is 10.1. The number of amides is 1. The number of hydrogen-bond acceptors (Lipinski definition) is 2. The molecule has 0 unspecified atom stereocenters. The van der Waals surface area contributed by atoms with Gasteiger partial charge in [-0.1, -0.05) is 18.9 Å². The molecule has 3 heteroatoms. The molecule has 0 saturated carbocycles. The Kier molecular flexibility index (Phi) is 8.11. The van der Waals surface area contributed by atoms with Crippen LogP contribution in [0.5, 0.6) is 0 Å². The molecule has 0 atom stereocenters. The first-order valence-corrected chi connectivity index (χ1v) is 6.73. The van der Waals surface area contributed by atoms with Gasteiger partial charge in [0.05, 0.1) is 6.07 Å². The molecule has 0 rings (SSSR count). The Balaban J connectivity index is 3.78. The summed E-state index contributed by atoms with van der Waals surface area (Å²) in [7, 11) is 0. The summed E-state index contributed by atoms with van der Waals surface area (Å²) in [6.07, 6.45) is 7.92. The molecule has 0 aromatic rings. The highest BCUT2D eigenvalue weighted by Crippen LogP contribution is 2.08. The van der Waals surface area contributed by atoms with Crippen molar-refractivity contribution in [3.8, 4) is 6.07 Å². The third kappa shape index (κ3) is 9.89. The van der Waals surface area contributed by atoms with Gasteiger partial charge in [0, 0.05) is 17.5 Å². The number of unbranched alkanes of at least 4 members (excludes halogenated alkanes) is 5. The van der Waals surface area contributed by atoms with E-state index in [0.717, 1.165) is 37.7 Å². The van der Waals surface area contributed by atoms with E-state index in [4.69, 9.17) is 5.26 Å². The first-order chi connectivity index (χ1) is 8.37. The Morgan fingerprint density at radius 3 is 2.39 bits per heavy atom. The van der Waals surface area contributed by atoms with Crippen LogP contribution in [0.15, 0.2) is 11.6 Å². The smallest absolute Gasteiger partial charge is 0.246 e. The van der Waals surface area contributed by atoms with Crippen LogP contribution in [0.3, 0.4) is 0 Å². The molecule has 1 N–H and O–H groups in total. The van der Waals surface area contributed by atoms with E-state index < -0.39 is 0 Å². The van der Waals surface area contributed by atoms with Gasteiger partial charge in [0.15, 0.2) is 0 Å². The molecule has 0 fully saturated rings. The molecule has 0 spiro atoms. The second-order valence-corrected chi connectivity index (χ2v) is 5.70. The lowest BCUT2D eigenvalue weighted by Gasteiger charge is -2.20. The zero-order valence-corrected chi connectivity index (χ0v) is 12.2. The van der Waals surface area contributed by atoms with Crippen molar-refractivity contribution in [1.29, 1.82) is 5.26 Å². The zero-order chi connectivity index (χ0) is 14.0. The molecule has 0 aromatic carbocycles. The van der Waals surface area contributed by atoms with E-state index >= 15 is 0 Å². The molecule has 0 aliphatic rings. The second kappa shape index (κ2) is 8.74. The average Bonchev–Trinajstić information content (AvgIpc) is 2.25. The first-order valence-electron chi connectivity index (χ1n) is 6.73. The Bertz CT molecular complexity index is 318. The van der Waals surface area contributed by atoms with Gasteiger partial charge >= 0.3 is 0 Å². The van der Waals surface area contributed by atoms with Crippen molar-refractivity contribution < 1.29 is 4.79 Å². The third-order valence-electron chi connectivity index (χ3n) is 2.54. The van der Waals surface area contributed by atoms with E-state index in [-0.39, 0.29) is 11.4 Å². The molecule has 0 aliphatic carbocycles. The maximum Gasteiger partial charge on any atom is 0.246 e. The Morgan fingerprint density at radius 2 is 1.83 bits per heavy atom. The SMILES string of the molecule is C/C(=C\CCCCCCC#N)C(=O)NC(C)(C)C. The molecule has 0 heterocycles. The molecule has 102 valence electrons. The monoisotopic (exact) mass is 250 g/mol. The summed E-state index contributed by atoms with van der Waals surface area (Å²) in [6.45, 7) is 7.80. The predicted octanol–water partition coefficient (Wildman–Crippen LogP) is 3.71. The normalized spacial score (nSPS) is 12.1. The summed E-state index contributed by atoms with van der Waals surface area (Å²) < 4.78 is 0. The average molecular weight is 250 g/mol. The van der Waals surface area contributed by atoms with Crippen molar-refractivity contribution in [2.24, 2.45) is 0 Å². The highest BCUT2D eigenvalue weighted by Gasteiger charge is 2.14. The number of allylic oxidation sites excluding steroid dienone is 1. The lowest BCUT2D eigenvalue weighted by Crippen LogP contribution is -2.40. The maximum atomic E-state index is 11.7. The van der Waals surface area contributed by atoms with Crippen LogP contribution in [0.25, 0.3) is 0 Å². The van der Waals surface area contributed by atoms with Gasteiger partial charge in [-0.05, 0) is 47.0 Å². The minimum atomic E-state index is -0.177. The molecular formula is C15H26N2O. The van der Waals surface area contributed by atoms with Crippen molar-refractivity contribution in [2.75, 3.05) is 0 Å². The first kappa shape index (κ1) is 16.7. The summed E-state index contributed by atoms with van der Waals surface area (Å²) in [5.41, 5.74) is 0.616. The highest BCUT2D eigenvalue weighted by atomic mass is 16.1. The van der Waals surface area contributed by atoms with E-state index in [1.165, 1.54) is 0 Å². The Morgan fingerprint density at radius 1 is 1.22 bits per heavy atom. The topological polar surface area (TPSA) is 52.9 Å². The van der Waals surface area contributed by atoms with E-state index in [1.807, 2.05) is 33.8 Å². The van der Waals surface area contributed by atoms with Gasteiger partial charge in [-0.15, -0.1) is 0 Å². The molecule has 0 aromatic heterocycles. The standard InChI is InChI=1S/C15H26N2O/c1-13(14(18)17-15(2,3)4)11-9-7-5-6-8-10-12-16/h11H,5-10H2,1-4H3,(H,17,18)/b13-11+. The van der Waals surface area contributed by atoms with Crippen molar-refractivity contribution >= 4 is 5.91 Å².